The Morgan fingerprint density at radius 1 is 1.06 bits per heavy atom. The summed E-state index contributed by atoms with van der Waals surface area (Å²) in [5.74, 6) is 0.0885. The fourth-order valence-corrected chi connectivity index (χ4v) is 2.03. The second-order valence-corrected chi connectivity index (χ2v) is 4.49. The van der Waals surface area contributed by atoms with E-state index in [0.29, 0.717) is 0 Å². The van der Waals surface area contributed by atoms with Gasteiger partial charge in [-0.05, 0) is 44.4 Å². The smallest absolute Gasteiger partial charge is 0.161 e. The maximum Gasteiger partial charge on any atom is 0.161 e. The lowest BCUT2D eigenvalue weighted by Crippen LogP contribution is -2.05. The minimum atomic E-state index is 0.0885. The van der Waals surface area contributed by atoms with E-state index in [1.54, 1.807) is 6.92 Å². The number of hydrogen-bond acceptors (Lipinski definition) is 2. The lowest BCUT2D eigenvalue weighted by atomic mass is 10.0. The molecule has 1 heterocycles. The van der Waals surface area contributed by atoms with Gasteiger partial charge >= 0.3 is 0 Å². The molecule has 0 aliphatic heterocycles. The van der Waals surface area contributed by atoms with Gasteiger partial charge in [-0.15, -0.1) is 0 Å². The largest absolute Gasteiger partial charge is 0.294 e. The monoisotopic (exact) mass is 239 g/mol. The van der Waals surface area contributed by atoms with Crippen molar-refractivity contribution in [3.05, 3.63) is 65.0 Å². The molecular formula is C16H17NO. The van der Waals surface area contributed by atoms with Crippen molar-refractivity contribution < 1.29 is 4.79 Å². The molecule has 1 aromatic heterocycles. The van der Waals surface area contributed by atoms with Crippen LogP contribution in [0.2, 0.25) is 0 Å². The molecule has 2 rings (SSSR count). The molecule has 92 valence electrons. The van der Waals surface area contributed by atoms with Crippen LogP contribution in [0.15, 0.2) is 42.5 Å². The number of nitrogens with zero attached hydrogens (tertiary/aromatic N) is 1. The van der Waals surface area contributed by atoms with Crippen molar-refractivity contribution in [2.24, 2.45) is 0 Å². The number of benzene rings is 1. The second kappa shape index (κ2) is 5.58. The average Bonchev–Trinajstić information content (AvgIpc) is 2.37. The van der Waals surface area contributed by atoms with Gasteiger partial charge in [-0.3, -0.25) is 9.78 Å². The predicted molar refractivity (Wildman–Crippen MR) is 72.8 cm³/mol. The number of ketones is 1. The first-order chi connectivity index (χ1) is 8.66. The van der Waals surface area contributed by atoms with E-state index in [0.717, 1.165) is 29.8 Å². The van der Waals surface area contributed by atoms with Gasteiger partial charge in [-0.1, -0.05) is 30.3 Å². The topological polar surface area (TPSA) is 30.0 Å². The third-order valence-corrected chi connectivity index (χ3v) is 2.99. The van der Waals surface area contributed by atoms with Gasteiger partial charge in [0.05, 0.1) is 5.69 Å². The maximum absolute atomic E-state index is 11.5. The Labute approximate surface area is 108 Å². The Kier molecular flexibility index (Phi) is 3.88. The van der Waals surface area contributed by atoms with Crippen molar-refractivity contribution in [1.82, 2.24) is 4.98 Å². The predicted octanol–water partition coefficient (Wildman–Crippen LogP) is 3.38. The zero-order valence-electron chi connectivity index (χ0n) is 10.8. The van der Waals surface area contributed by atoms with Gasteiger partial charge in [-0.2, -0.15) is 0 Å². The minimum Gasteiger partial charge on any atom is -0.294 e. The molecule has 0 amide bonds. The Morgan fingerprint density at radius 3 is 2.44 bits per heavy atom. The third-order valence-electron chi connectivity index (χ3n) is 2.99. The molecule has 0 spiro atoms. The molecule has 0 atom stereocenters. The molecule has 0 radical (unpaired) electrons. The Bertz CT molecular complexity index is 546. The molecule has 0 aliphatic rings. The van der Waals surface area contributed by atoms with Gasteiger partial charge in [-0.25, -0.2) is 0 Å². The van der Waals surface area contributed by atoms with E-state index in [1.165, 1.54) is 5.56 Å². The molecule has 18 heavy (non-hydrogen) atoms. The highest BCUT2D eigenvalue weighted by Gasteiger charge is 2.08. The van der Waals surface area contributed by atoms with Crippen LogP contribution < -0.4 is 0 Å². The summed E-state index contributed by atoms with van der Waals surface area (Å²) in [7, 11) is 0. The third kappa shape index (κ3) is 3.04. The van der Waals surface area contributed by atoms with Crippen molar-refractivity contribution in [3.8, 4) is 0 Å². The maximum atomic E-state index is 11.5. The zero-order chi connectivity index (χ0) is 13.0. The summed E-state index contributed by atoms with van der Waals surface area (Å²) in [6.45, 7) is 3.55. The molecule has 2 heteroatoms. The average molecular weight is 239 g/mol. The van der Waals surface area contributed by atoms with Gasteiger partial charge < -0.3 is 0 Å². The van der Waals surface area contributed by atoms with E-state index < -0.39 is 0 Å². The van der Waals surface area contributed by atoms with Crippen LogP contribution in [-0.2, 0) is 12.8 Å². The summed E-state index contributed by atoms with van der Waals surface area (Å²) >= 11 is 0. The van der Waals surface area contributed by atoms with Crippen LogP contribution in [0.4, 0.5) is 0 Å². The SMILES string of the molecule is CC(=O)c1ccc(C)nc1CCc1ccccc1. The molecule has 0 saturated carbocycles. The summed E-state index contributed by atoms with van der Waals surface area (Å²) in [4.78, 5) is 16.0. The van der Waals surface area contributed by atoms with Crippen LogP contribution in [-0.4, -0.2) is 10.8 Å². The normalized spacial score (nSPS) is 10.3. The summed E-state index contributed by atoms with van der Waals surface area (Å²) in [5, 5.41) is 0. The first kappa shape index (κ1) is 12.5. The standard InChI is InChI=1S/C16H17NO/c1-12-8-10-15(13(2)18)16(17-12)11-9-14-6-4-3-5-7-14/h3-8,10H,9,11H2,1-2H3. The first-order valence-electron chi connectivity index (χ1n) is 6.18. The number of aromatic nitrogens is 1. The van der Waals surface area contributed by atoms with Gasteiger partial charge in [0.2, 0.25) is 0 Å². The number of rotatable bonds is 4. The number of hydrogen-bond donors (Lipinski definition) is 0. The highest BCUT2D eigenvalue weighted by Crippen LogP contribution is 2.12. The molecule has 0 aliphatic carbocycles. The zero-order valence-corrected chi connectivity index (χ0v) is 10.8. The van der Waals surface area contributed by atoms with Gasteiger partial charge in [0.25, 0.3) is 0 Å². The Balaban J connectivity index is 2.18. The molecule has 2 nitrogen and oxygen atoms in total. The van der Waals surface area contributed by atoms with Crippen LogP contribution in [0, 0.1) is 6.92 Å². The molecule has 0 fully saturated rings. The van der Waals surface area contributed by atoms with Gasteiger partial charge in [0.1, 0.15) is 0 Å². The highest BCUT2D eigenvalue weighted by molar-refractivity contribution is 5.95. The van der Waals surface area contributed by atoms with Gasteiger partial charge in [0.15, 0.2) is 5.78 Å². The quantitative estimate of drug-likeness (QED) is 0.766. The van der Waals surface area contributed by atoms with Crippen molar-refractivity contribution in [2.45, 2.75) is 26.7 Å². The van der Waals surface area contributed by atoms with Crippen LogP contribution >= 0.6 is 0 Å². The van der Waals surface area contributed by atoms with E-state index in [-0.39, 0.29) is 5.78 Å². The number of carbonyl (C=O) groups is 1. The fraction of sp³-hybridized carbons (Fsp3) is 0.250. The number of carbonyl (C=O) groups excluding carboxylic acids is 1. The van der Waals surface area contributed by atoms with E-state index in [1.807, 2.05) is 37.3 Å². The molecule has 0 unspecified atom stereocenters. The first-order valence-corrected chi connectivity index (χ1v) is 6.18. The van der Waals surface area contributed by atoms with Crippen LogP contribution in [0.3, 0.4) is 0 Å². The van der Waals surface area contributed by atoms with E-state index >= 15 is 0 Å². The molecule has 0 bridgehead atoms. The molecular weight excluding hydrogens is 222 g/mol. The summed E-state index contributed by atoms with van der Waals surface area (Å²) < 4.78 is 0. The van der Waals surface area contributed by atoms with Crippen molar-refractivity contribution in [2.75, 3.05) is 0 Å². The van der Waals surface area contributed by atoms with Crippen molar-refractivity contribution in [1.29, 1.82) is 0 Å². The molecule has 1 aromatic carbocycles. The van der Waals surface area contributed by atoms with Crippen molar-refractivity contribution in [3.63, 3.8) is 0 Å². The summed E-state index contributed by atoms with van der Waals surface area (Å²) in [5.41, 5.74) is 3.89. The molecule has 2 aromatic rings. The fourth-order valence-electron chi connectivity index (χ4n) is 2.03. The minimum absolute atomic E-state index is 0.0885. The van der Waals surface area contributed by atoms with E-state index in [9.17, 15) is 4.79 Å². The molecule has 0 N–H and O–H groups in total. The summed E-state index contributed by atoms with van der Waals surface area (Å²) in [6.07, 6.45) is 1.72. The number of aryl methyl sites for hydroxylation is 3. The lowest BCUT2D eigenvalue weighted by Gasteiger charge is -2.07. The summed E-state index contributed by atoms with van der Waals surface area (Å²) in [6, 6.07) is 14.0. The van der Waals surface area contributed by atoms with E-state index in [2.05, 4.69) is 17.1 Å². The van der Waals surface area contributed by atoms with E-state index in [4.69, 9.17) is 0 Å². The van der Waals surface area contributed by atoms with Crippen LogP contribution in [0.25, 0.3) is 0 Å². The van der Waals surface area contributed by atoms with Gasteiger partial charge in [0, 0.05) is 11.3 Å². The Morgan fingerprint density at radius 2 is 1.78 bits per heavy atom. The van der Waals surface area contributed by atoms with Crippen LogP contribution in [0.1, 0.15) is 34.2 Å². The van der Waals surface area contributed by atoms with Crippen molar-refractivity contribution >= 4 is 5.78 Å². The lowest BCUT2D eigenvalue weighted by molar-refractivity contribution is 0.101. The Hall–Kier alpha value is -1.96. The number of pyridine rings is 1. The highest BCUT2D eigenvalue weighted by atomic mass is 16.1. The van der Waals surface area contributed by atoms with Crippen LogP contribution in [0.5, 0.6) is 0 Å². The number of Topliss-reactive ketones (excluding diaryl/α,β-unsaturated/α-hetero) is 1. The second-order valence-electron chi connectivity index (χ2n) is 4.49. The molecule has 0 saturated heterocycles.